The van der Waals surface area contributed by atoms with Gasteiger partial charge in [-0.05, 0) is 51.3 Å². The monoisotopic (exact) mass is 251 g/mol. The van der Waals surface area contributed by atoms with E-state index < -0.39 is 11.8 Å². The van der Waals surface area contributed by atoms with Gasteiger partial charge >= 0.3 is 5.97 Å². The third-order valence-electron chi connectivity index (χ3n) is 3.62. The lowest BCUT2D eigenvalue weighted by atomic mass is 9.96. The van der Waals surface area contributed by atoms with Crippen LogP contribution in [0.3, 0.4) is 0 Å². The lowest BCUT2D eigenvalue weighted by Gasteiger charge is -2.41. The van der Waals surface area contributed by atoms with E-state index in [1.54, 1.807) is 6.07 Å². The van der Waals surface area contributed by atoms with Gasteiger partial charge in [-0.15, -0.1) is 0 Å². The Morgan fingerprint density at radius 1 is 1.28 bits per heavy atom. The van der Waals surface area contributed by atoms with Crippen LogP contribution in [0.15, 0.2) is 18.2 Å². The Bertz CT molecular complexity index is 451. The Morgan fingerprint density at radius 3 is 2.44 bits per heavy atom. The first-order valence-electron chi connectivity index (χ1n) is 6.31. The number of carbonyl (C=O) groups is 1. The molecule has 1 N–H and O–H groups in total. The molecule has 1 heterocycles. The van der Waals surface area contributed by atoms with Gasteiger partial charge in [-0.1, -0.05) is 0 Å². The lowest BCUT2D eigenvalue weighted by Crippen LogP contribution is -2.43. The van der Waals surface area contributed by atoms with Crippen LogP contribution in [0.4, 0.5) is 10.1 Å². The molecule has 0 saturated carbocycles. The first kappa shape index (κ1) is 12.9. The predicted octanol–water partition coefficient (Wildman–Crippen LogP) is 3.29. The van der Waals surface area contributed by atoms with Crippen molar-refractivity contribution < 1.29 is 14.3 Å². The van der Waals surface area contributed by atoms with Gasteiger partial charge in [0.25, 0.3) is 0 Å². The number of rotatable bonds is 2. The van der Waals surface area contributed by atoms with Crippen molar-refractivity contribution in [2.24, 2.45) is 0 Å². The molecule has 0 bridgehead atoms. The maximum Gasteiger partial charge on any atom is 0.335 e. The first-order chi connectivity index (χ1) is 8.49. The second-order valence-corrected chi connectivity index (χ2v) is 5.04. The van der Waals surface area contributed by atoms with Crippen LogP contribution in [0.25, 0.3) is 0 Å². The summed E-state index contributed by atoms with van der Waals surface area (Å²) in [5, 5.41) is 8.98. The number of hydrogen-bond acceptors (Lipinski definition) is 2. The quantitative estimate of drug-likeness (QED) is 0.876. The van der Waals surface area contributed by atoms with E-state index in [9.17, 15) is 9.18 Å². The molecule has 2 rings (SSSR count). The second-order valence-electron chi connectivity index (χ2n) is 5.04. The third-order valence-corrected chi connectivity index (χ3v) is 3.62. The van der Waals surface area contributed by atoms with E-state index in [-0.39, 0.29) is 5.56 Å². The topological polar surface area (TPSA) is 40.5 Å². The molecule has 18 heavy (non-hydrogen) atoms. The Kier molecular flexibility index (Phi) is 3.55. The van der Waals surface area contributed by atoms with E-state index in [0.29, 0.717) is 17.8 Å². The number of benzene rings is 1. The number of anilines is 1. The molecule has 2 unspecified atom stereocenters. The fourth-order valence-electron chi connectivity index (χ4n) is 2.78. The maximum absolute atomic E-state index is 13.5. The number of nitrogens with zero attached hydrogens (tertiary/aromatic N) is 1. The molecular formula is C14H18FNO2. The number of carboxylic acids is 1. The highest BCUT2D eigenvalue weighted by Crippen LogP contribution is 2.30. The minimum absolute atomic E-state index is 0.00923. The van der Waals surface area contributed by atoms with Crippen molar-refractivity contribution in [2.45, 2.75) is 45.2 Å². The summed E-state index contributed by atoms with van der Waals surface area (Å²) in [5.74, 6) is -1.58. The maximum atomic E-state index is 13.5. The van der Waals surface area contributed by atoms with Crippen LogP contribution in [0.1, 0.15) is 43.5 Å². The summed E-state index contributed by atoms with van der Waals surface area (Å²) < 4.78 is 13.5. The highest BCUT2D eigenvalue weighted by atomic mass is 19.1. The van der Waals surface area contributed by atoms with E-state index in [4.69, 9.17) is 5.11 Å². The largest absolute Gasteiger partial charge is 0.478 e. The highest BCUT2D eigenvalue weighted by molar-refractivity contribution is 5.89. The summed E-state index contributed by atoms with van der Waals surface area (Å²) >= 11 is 0. The zero-order valence-corrected chi connectivity index (χ0v) is 10.7. The minimum atomic E-state index is -1.09. The van der Waals surface area contributed by atoms with Gasteiger partial charge in [-0.3, -0.25) is 0 Å². The number of aromatic carboxylic acids is 1. The second kappa shape index (κ2) is 4.96. The van der Waals surface area contributed by atoms with Gasteiger partial charge in [0.05, 0.1) is 5.56 Å². The molecule has 1 aliphatic heterocycles. The van der Waals surface area contributed by atoms with Crippen molar-refractivity contribution >= 4 is 11.7 Å². The predicted molar refractivity (Wildman–Crippen MR) is 68.6 cm³/mol. The molecule has 98 valence electrons. The van der Waals surface area contributed by atoms with Crippen LogP contribution >= 0.6 is 0 Å². The third kappa shape index (κ3) is 2.47. The van der Waals surface area contributed by atoms with Gasteiger partial charge in [0.2, 0.25) is 0 Å². The van der Waals surface area contributed by atoms with Gasteiger partial charge in [-0.2, -0.15) is 0 Å². The molecule has 1 saturated heterocycles. The Labute approximate surface area is 106 Å². The lowest BCUT2D eigenvalue weighted by molar-refractivity contribution is 0.0696. The van der Waals surface area contributed by atoms with Crippen molar-refractivity contribution in [3.05, 3.63) is 29.6 Å². The van der Waals surface area contributed by atoms with Crippen molar-refractivity contribution in [3.63, 3.8) is 0 Å². The molecule has 0 amide bonds. The molecule has 4 heteroatoms. The van der Waals surface area contributed by atoms with Crippen LogP contribution < -0.4 is 4.90 Å². The van der Waals surface area contributed by atoms with E-state index >= 15 is 0 Å². The average molecular weight is 251 g/mol. The number of hydrogen-bond donors (Lipinski definition) is 1. The summed E-state index contributed by atoms with van der Waals surface area (Å²) in [6, 6.07) is 4.67. The summed E-state index contributed by atoms with van der Waals surface area (Å²) in [4.78, 5) is 13.1. The molecule has 1 aliphatic rings. The molecule has 1 fully saturated rings. The molecule has 0 aliphatic carbocycles. The van der Waals surface area contributed by atoms with Crippen molar-refractivity contribution in [1.82, 2.24) is 0 Å². The molecule has 0 radical (unpaired) electrons. The normalized spacial score (nSPS) is 24.1. The number of carboxylic acid groups (broad SMARTS) is 1. The van der Waals surface area contributed by atoms with Crippen molar-refractivity contribution in [1.29, 1.82) is 0 Å². The molecule has 1 aromatic rings. The summed E-state index contributed by atoms with van der Waals surface area (Å²) in [5.41, 5.74) is 0.682. The van der Waals surface area contributed by atoms with E-state index in [1.165, 1.54) is 12.5 Å². The van der Waals surface area contributed by atoms with Crippen LogP contribution in [0.2, 0.25) is 0 Å². The average Bonchev–Trinajstić information content (AvgIpc) is 2.28. The molecule has 0 spiro atoms. The zero-order chi connectivity index (χ0) is 13.3. The van der Waals surface area contributed by atoms with Crippen molar-refractivity contribution in [2.75, 3.05) is 4.90 Å². The SMILES string of the molecule is CC1CCCC(C)N1c1cc(F)cc(C(=O)O)c1. The van der Waals surface area contributed by atoms with E-state index in [0.717, 1.165) is 18.9 Å². The van der Waals surface area contributed by atoms with Crippen LogP contribution in [0.5, 0.6) is 0 Å². The van der Waals surface area contributed by atoms with Crippen LogP contribution in [0, 0.1) is 5.82 Å². The summed E-state index contributed by atoms with van der Waals surface area (Å²) in [6.07, 6.45) is 3.28. The Balaban J connectivity index is 2.39. The summed E-state index contributed by atoms with van der Waals surface area (Å²) in [7, 11) is 0. The Hall–Kier alpha value is -1.58. The van der Waals surface area contributed by atoms with E-state index in [1.807, 2.05) is 0 Å². The minimum Gasteiger partial charge on any atom is -0.478 e. The van der Waals surface area contributed by atoms with Gasteiger partial charge in [0, 0.05) is 17.8 Å². The van der Waals surface area contributed by atoms with Crippen LogP contribution in [-0.2, 0) is 0 Å². The zero-order valence-electron chi connectivity index (χ0n) is 10.7. The van der Waals surface area contributed by atoms with Gasteiger partial charge in [0.15, 0.2) is 0 Å². The summed E-state index contributed by atoms with van der Waals surface area (Å²) in [6.45, 7) is 4.20. The smallest absolute Gasteiger partial charge is 0.335 e. The van der Waals surface area contributed by atoms with E-state index in [2.05, 4.69) is 18.7 Å². The van der Waals surface area contributed by atoms with Gasteiger partial charge in [0.1, 0.15) is 5.82 Å². The van der Waals surface area contributed by atoms with Crippen LogP contribution in [-0.4, -0.2) is 23.2 Å². The molecule has 3 nitrogen and oxygen atoms in total. The standard InChI is InChI=1S/C14H18FNO2/c1-9-4-3-5-10(2)16(9)13-7-11(14(17)18)6-12(15)8-13/h6-10H,3-5H2,1-2H3,(H,17,18). The number of halogens is 1. The fourth-order valence-corrected chi connectivity index (χ4v) is 2.78. The molecular weight excluding hydrogens is 233 g/mol. The van der Waals surface area contributed by atoms with Gasteiger partial charge < -0.3 is 10.0 Å². The molecule has 1 aromatic carbocycles. The highest BCUT2D eigenvalue weighted by Gasteiger charge is 2.25. The van der Waals surface area contributed by atoms with Gasteiger partial charge in [-0.25, -0.2) is 9.18 Å². The van der Waals surface area contributed by atoms with Crippen molar-refractivity contribution in [3.8, 4) is 0 Å². The molecule has 2 atom stereocenters. The molecule has 0 aromatic heterocycles. The Morgan fingerprint density at radius 2 is 1.89 bits per heavy atom. The first-order valence-corrected chi connectivity index (χ1v) is 6.31. The fraction of sp³-hybridized carbons (Fsp3) is 0.500. The number of piperidine rings is 1.